The third-order valence-corrected chi connectivity index (χ3v) is 7.92. The lowest BCUT2D eigenvalue weighted by Gasteiger charge is -2.16. The molecule has 0 bridgehead atoms. The lowest BCUT2D eigenvalue weighted by atomic mass is 9.91. The van der Waals surface area contributed by atoms with Crippen LogP contribution in [0.1, 0.15) is 0 Å². The molecule has 0 unspecified atom stereocenters. The fraction of sp³-hybridized carbons (Fsp3) is 0.0333. The molecule has 0 saturated carbocycles. The first-order valence-electron chi connectivity index (χ1n) is 11.7. The fourth-order valence-corrected chi connectivity index (χ4v) is 5.78. The van der Waals surface area contributed by atoms with Gasteiger partial charge in [-0.25, -0.2) is 4.98 Å². The molecule has 38 heavy (non-hydrogen) atoms. The maximum absolute atomic E-state index is 13.3. The van der Waals surface area contributed by atoms with E-state index in [4.69, 9.17) is 0 Å². The Morgan fingerprint density at radius 3 is 1.74 bits per heavy atom. The fourth-order valence-electron chi connectivity index (χ4n) is 5.35. The van der Waals surface area contributed by atoms with Gasteiger partial charge in [-0.15, -0.1) is 0 Å². The van der Waals surface area contributed by atoms with Crippen LogP contribution in [-0.4, -0.2) is 18.9 Å². The molecule has 0 radical (unpaired) electrons. The van der Waals surface area contributed by atoms with Crippen LogP contribution in [0.3, 0.4) is 0 Å². The zero-order valence-corrected chi connectivity index (χ0v) is 20.3. The number of nitrogens with zero attached hydrogens (tertiary/aromatic N) is 1. The first kappa shape index (κ1) is 22.7. The molecule has 0 amide bonds. The number of fused-ring (bicyclic) bond motifs is 11. The molecule has 186 valence electrons. The molecule has 8 heteroatoms. The minimum Gasteiger partial charge on any atom is -0.355 e. The van der Waals surface area contributed by atoms with Crippen molar-refractivity contribution in [3.8, 4) is 5.88 Å². The monoisotopic (exact) mass is 527 g/mol. The van der Waals surface area contributed by atoms with Gasteiger partial charge in [0.2, 0.25) is 5.88 Å². The van der Waals surface area contributed by atoms with Crippen molar-refractivity contribution in [2.75, 3.05) is 0 Å². The second-order valence-electron chi connectivity index (χ2n) is 9.12. The second-order valence-corrected chi connectivity index (χ2v) is 10.7. The Kier molecular flexibility index (Phi) is 4.66. The van der Waals surface area contributed by atoms with E-state index >= 15 is 0 Å². The van der Waals surface area contributed by atoms with Crippen LogP contribution in [0.2, 0.25) is 0 Å². The predicted molar refractivity (Wildman–Crippen MR) is 145 cm³/mol. The molecule has 6 aromatic carbocycles. The zero-order chi connectivity index (χ0) is 26.2. The Labute approximate surface area is 214 Å². The smallest absolute Gasteiger partial charge is 0.355 e. The highest BCUT2D eigenvalue weighted by molar-refractivity contribution is 7.88. The predicted octanol–water partition coefficient (Wildman–Crippen LogP) is 8.23. The van der Waals surface area contributed by atoms with E-state index in [9.17, 15) is 21.6 Å². The van der Waals surface area contributed by atoms with Gasteiger partial charge in [0.1, 0.15) is 0 Å². The van der Waals surface area contributed by atoms with Crippen LogP contribution in [-0.2, 0) is 10.1 Å². The van der Waals surface area contributed by atoms with Gasteiger partial charge in [0.05, 0.1) is 5.52 Å². The molecule has 0 fully saturated rings. The summed E-state index contributed by atoms with van der Waals surface area (Å²) in [7, 11) is -5.93. The summed E-state index contributed by atoms with van der Waals surface area (Å²) < 4.78 is 68.5. The number of benzene rings is 6. The van der Waals surface area contributed by atoms with Crippen molar-refractivity contribution in [1.82, 2.24) is 4.98 Å². The number of hydrogen-bond donors (Lipinski definition) is 0. The molecule has 0 N–H and O–H groups in total. The van der Waals surface area contributed by atoms with E-state index in [1.54, 1.807) is 18.2 Å². The van der Waals surface area contributed by atoms with Gasteiger partial charge in [-0.3, -0.25) is 0 Å². The minimum absolute atomic E-state index is 0.175. The number of hydrogen-bond acceptors (Lipinski definition) is 4. The average Bonchev–Trinajstić information content (AvgIpc) is 2.91. The molecular weight excluding hydrogens is 511 g/mol. The Hall–Kier alpha value is -4.43. The molecule has 1 heterocycles. The quantitative estimate of drug-likeness (QED) is 0.129. The minimum atomic E-state index is -5.93. The molecule has 1 aromatic heterocycles. The third kappa shape index (κ3) is 3.23. The van der Waals surface area contributed by atoms with Crippen LogP contribution in [0.4, 0.5) is 13.2 Å². The Bertz CT molecular complexity index is 2220. The maximum atomic E-state index is 13.3. The molecule has 4 nitrogen and oxygen atoms in total. The number of pyridine rings is 1. The van der Waals surface area contributed by atoms with Crippen molar-refractivity contribution in [2.45, 2.75) is 5.51 Å². The Balaban J connectivity index is 1.76. The summed E-state index contributed by atoms with van der Waals surface area (Å²) in [5.74, 6) is -0.611. The highest BCUT2D eigenvalue weighted by Crippen LogP contribution is 2.43. The molecule has 0 aliphatic carbocycles. The highest BCUT2D eigenvalue weighted by atomic mass is 32.2. The Morgan fingerprint density at radius 2 is 1.08 bits per heavy atom. The second kappa shape index (κ2) is 7.79. The third-order valence-electron chi connectivity index (χ3n) is 6.97. The first-order chi connectivity index (χ1) is 18.2. The summed E-state index contributed by atoms with van der Waals surface area (Å²) in [5, 5.41) is 8.92. The van der Waals surface area contributed by atoms with E-state index in [1.165, 1.54) is 0 Å². The first-order valence-corrected chi connectivity index (χ1v) is 13.1. The SMILES string of the molecule is O=S(=O)(Oc1nc2ccc3ccc4ccc5ccccc5c4c3c2c2c1ccc1ccccc12)C(F)(F)F. The van der Waals surface area contributed by atoms with Crippen LogP contribution in [0.5, 0.6) is 5.88 Å². The van der Waals surface area contributed by atoms with Gasteiger partial charge in [0.25, 0.3) is 0 Å². The molecule has 0 aliphatic heterocycles. The molecule has 0 atom stereocenters. The topological polar surface area (TPSA) is 56.3 Å². The van der Waals surface area contributed by atoms with E-state index in [1.807, 2.05) is 78.9 Å². The molecule has 0 saturated heterocycles. The van der Waals surface area contributed by atoms with Crippen LogP contribution in [0, 0.1) is 0 Å². The summed E-state index contributed by atoms with van der Waals surface area (Å²) in [4.78, 5) is 4.34. The molecular formula is C30H16F3NO3S. The summed E-state index contributed by atoms with van der Waals surface area (Å²) in [6, 6.07) is 30.4. The lowest BCUT2D eigenvalue weighted by molar-refractivity contribution is -0.0500. The molecule has 7 rings (SSSR count). The van der Waals surface area contributed by atoms with Crippen LogP contribution in [0.25, 0.3) is 64.8 Å². The van der Waals surface area contributed by atoms with Gasteiger partial charge in [0.15, 0.2) is 0 Å². The van der Waals surface area contributed by atoms with E-state index in [2.05, 4.69) is 9.17 Å². The largest absolute Gasteiger partial charge is 0.534 e. The lowest BCUT2D eigenvalue weighted by Crippen LogP contribution is -2.28. The van der Waals surface area contributed by atoms with Gasteiger partial charge in [-0.05, 0) is 49.8 Å². The summed E-state index contributed by atoms with van der Waals surface area (Å²) in [5.41, 5.74) is -5.26. The number of aromatic nitrogens is 1. The van der Waals surface area contributed by atoms with Crippen molar-refractivity contribution < 1.29 is 25.8 Å². The number of rotatable bonds is 2. The van der Waals surface area contributed by atoms with Crippen molar-refractivity contribution in [1.29, 1.82) is 0 Å². The van der Waals surface area contributed by atoms with Crippen LogP contribution >= 0.6 is 0 Å². The summed E-state index contributed by atoms with van der Waals surface area (Å²) in [6.45, 7) is 0. The van der Waals surface area contributed by atoms with Crippen LogP contribution < -0.4 is 4.18 Å². The highest BCUT2D eigenvalue weighted by Gasteiger charge is 2.49. The zero-order valence-electron chi connectivity index (χ0n) is 19.5. The van der Waals surface area contributed by atoms with E-state index in [0.29, 0.717) is 16.3 Å². The average molecular weight is 528 g/mol. The van der Waals surface area contributed by atoms with Gasteiger partial charge < -0.3 is 4.18 Å². The Morgan fingerprint density at radius 1 is 0.553 bits per heavy atom. The van der Waals surface area contributed by atoms with Gasteiger partial charge in [-0.2, -0.15) is 21.6 Å². The van der Waals surface area contributed by atoms with Crippen LogP contribution in [0.15, 0.2) is 97.1 Å². The van der Waals surface area contributed by atoms with E-state index in [0.717, 1.165) is 43.1 Å². The number of alkyl halides is 3. The molecule has 0 spiro atoms. The van der Waals surface area contributed by atoms with Crippen molar-refractivity contribution in [3.63, 3.8) is 0 Å². The van der Waals surface area contributed by atoms with Crippen molar-refractivity contribution >= 4 is 74.9 Å². The van der Waals surface area contributed by atoms with Gasteiger partial charge in [0, 0.05) is 21.5 Å². The number of halogens is 3. The van der Waals surface area contributed by atoms with Crippen molar-refractivity contribution in [3.05, 3.63) is 97.1 Å². The van der Waals surface area contributed by atoms with Crippen molar-refractivity contribution in [2.24, 2.45) is 0 Å². The summed E-state index contributed by atoms with van der Waals surface area (Å²) >= 11 is 0. The van der Waals surface area contributed by atoms with Gasteiger partial charge >= 0.3 is 15.6 Å². The van der Waals surface area contributed by atoms with E-state index < -0.39 is 21.5 Å². The van der Waals surface area contributed by atoms with Gasteiger partial charge in [-0.1, -0.05) is 84.9 Å². The van der Waals surface area contributed by atoms with E-state index in [-0.39, 0.29) is 5.39 Å². The summed E-state index contributed by atoms with van der Waals surface area (Å²) in [6.07, 6.45) is 0. The molecule has 7 aromatic rings. The standard InChI is InChI=1S/C30H16F3NO3S/c31-30(32,33)38(35,36)37-29-23-15-13-18-6-2-4-8-22(18)27(23)28-24(34-29)16-14-20-12-11-19-10-9-17-5-1-3-7-21(17)25(19)26(20)28/h1-16H. The maximum Gasteiger partial charge on any atom is 0.534 e. The molecule has 0 aliphatic rings. The normalized spacial score (nSPS) is 12.8.